The standard InChI is InChI=1S/C24H23ClFNO3/c1-13(2)18-11-17(26)12-19-21(18)22(24(30)14-5-7-16(25)8-6-14)23-15(10-20(28)29)4-3-9-27(19)23/h5-8,11-13,15H,3-4,9-10H2,1-2H3,(H,28,29). The summed E-state index contributed by atoms with van der Waals surface area (Å²) in [6.45, 7) is 4.57. The lowest BCUT2D eigenvalue weighted by Gasteiger charge is -2.25. The first kappa shape index (κ1) is 20.6. The van der Waals surface area contributed by atoms with Crippen molar-refractivity contribution >= 4 is 34.3 Å². The minimum Gasteiger partial charge on any atom is -0.481 e. The van der Waals surface area contributed by atoms with E-state index in [9.17, 15) is 19.1 Å². The van der Waals surface area contributed by atoms with E-state index >= 15 is 0 Å². The first-order valence-corrected chi connectivity index (χ1v) is 10.5. The Bertz CT molecular complexity index is 1150. The van der Waals surface area contributed by atoms with Crippen molar-refractivity contribution < 1.29 is 19.1 Å². The summed E-state index contributed by atoms with van der Waals surface area (Å²) in [7, 11) is 0. The highest BCUT2D eigenvalue weighted by atomic mass is 35.5. The number of carbonyl (C=O) groups is 2. The predicted molar refractivity (Wildman–Crippen MR) is 115 cm³/mol. The second-order valence-corrected chi connectivity index (χ2v) is 8.67. The van der Waals surface area contributed by atoms with Gasteiger partial charge >= 0.3 is 5.97 Å². The fourth-order valence-electron chi connectivity index (χ4n) is 4.63. The van der Waals surface area contributed by atoms with E-state index in [1.165, 1.54) is 12.1 Å². The molecule has 1 aliphatic heterocycles. The maximum absolute atomic E-state index is 14.5. The van der Waals surface area contributed by atoms with Gasteiger partial charge in [-0.3, -0.25) is 9.59 Å². The van der Waals surface area contributed by atoms with Gasteiger partial charge in [0.15, 0.2) is 5.78 Å². The lowest BCUT2D eigenvalue weighted by atomic mass is 9.86. The number of hydrogen-bond acceptors (Lipinski definition) is 2. The predicted octanol–water partition coefficient (Wildman–Crippen LogP) is 6.14. The number of aliphatic carboxylic acids is 1. The molecule has 0 bridgehead atoms. The molecule has 1 aromatic heterocycles. The summed E-state index contributed by atoms with van der Waals surface area (Å²) in [5, 5.41) is 10.7. The summed E-state index contributed by atoms with van der Waals surface area (Å²) < 4.78 is 16.5. The number of nitrogens with zero attached hydrogens (tertiary/aromatic N) is 1. The summed E-state index contributed by atoms with van der Waals surface area (Å²) in [4.78, 5) is 25.2. The number of hydrogen-bond donors (Lipinski definition) is 1. The van der Waals surface area contributed by atoms with E-state index in [0.29, 0.717) is 40.3 Å². The summed E-state index contributed by atoms with van der Waals surface area (Å²) in [5.74, 6) is -1.73. The van der Waals surface area contributed by atoms with Crippen LogP contribution in [-0.4, -0.2) is 21.4 Å². The van der Waals surface area contributed by atoms with Crippen LogP contribution in [0.5, 0.6) is 0 Å². The van der Waals surface area contributed by atoms with Crippen LogP contribution in [0.15, 0.2) is 36.4 Å². The van der Waals surface area contributed by atoms with Gasteiger partial charge < -0.3 is 9.67 Å². The van der Waals surface area contributed by atoms with Gasteiger partial charge in [-0.15, -0.1) is 0 Å². The molecule has 1 unspecified atom stereocenters. The topological polar surface area (TPSA) is 59.3 Å². The summed E-state index contributed by atoms with van der Waals surface area (Å²) >= 11 is 5.99. The Labute approximate surface area is 179 Å². The van der Waals surface area contributed by atoms with Crippen molar-refractivity contribution in [2.45, 2.75) is 51.5 Å². The largest absolute Gasteiger partial charge is 0.481 e. The molecule has 2 heterocycles. The molecular weight excluding hydrogens is 405 g/mol. The number of carboxylic acid groups (broad SMARTS) is 1. The Hall–Kier alpha value is -2.66. The Morgan fingerprint density at radius 3 is 2.57 bits per heavy atom. The van der Waals surface area contributed by atoms with Crippen LogP contribution in [0.3, 0.4) is 0 Å². The molecule has 0 radical (unpaired) electrons. The van der Waals surface area contributed by atoms with E-state index in [-0.39, 0.29) is 29.9 Å². The third-order valence-corrected chi connectivity index (χ3v) is 6.15. The molecule has 2 aromatic carbocycles. The van der Waals surface area contributed by atoms with Crippen molar-refractivity contribution in [1.29, 1.82) is 0 Å². The summed E-state index contributed by atoms with van der Waals surface area (Å²) in [5.41, 5.74) is 3.13. The van der Waals surface area contributed by atoms with Crippen LogP contribution in [0.2, 0.25) is 5.02 Å². The number of rotatable bonds is 5. The number of aromatic nitrogens is 1. The van der Waals surface area contributed by atoms with Gasteiger partial charge in [0.1, 0.15) is 5.82 Å². The van der Waals surface area contributed by atoms with E-state index in [2.05, 4.69) is 0 Å². The van der Waals surface area contributed by atoms with Gasteiger partial charge in [-0.05, 0) is 60.7 Å². The van der Waals surface area contributed by atoms with Crippen molar-refractivity contribution in [2.24, 2.45) is 0 Å². The van der Waals surface area contributed by atoms with Crippen molar-refractivity contribution in [3.05, 3.63) is 69.6 Å². The second-order valence-electron chi connectivity index (χ2n) is 8.23. The fourth-order valence-corrected chi connectivity index (χ4v) is 4.76. The highest BCUT2D eigenvalue weighted by Gasteiger charge is 2.33. The zero-order valence-electron chi connectivity index (χ0n) is 16.9. The van der Waals surface area contributed by atoms with Gasteiger partial charge in [0.25, 0.3) is 0 Å². The van der Waals surface area contributed by atoms with E-state index < -0.39 is 5.97 Å². The van der Waals surface area contributed by atoms with Crippen molar-refractivity contribution in [3.63, 3.8) is 0 Å². The molecule has 1 aliphatic rings. The molecule has 4 nitrogen and oxygen atoms in total. The molecule has 0 spiro atoms. The zero-order chi connectivity index (χ0) is 21.6. The molecule has 0 aliphatic carbocycles. The maximum atomic E-state index is 14.5. The number of halogens is 2. The van der Waals surface area contributed by atoms with Gasteiger partial charge in [-0.2, -0.15) is 0 Å². The molecule has 0 saturated carbocycles. The average molecular weight is 428 g/mol. The fraction of sp³-hybridized carbons (Fsp3) is 0.333. The van der Waals surface area contributed by atoms with Gasteiger partial charge in [0, 0.05) is 34.1 Å². The van der Waals surface area contributed by atoms with Crippen LogP contribution in [0, 0.1) is 5.82 Å². The quantitative estimate of drug-likeness (QED) is 0.497. The van der Waals surface area contributed by atoms with Crippen LogP contribution in [-0.2, 0) is 11.3 Å². The number of aryl methyl sites for hydroxylation is 1. The Morgan fingerprint density at radius 2 is 1.93 bits per heavy atom. The van der Waals surface area contributed by atoms with Gasteiger partial charge in [-0.1, -0.05) is 25.4 Å². The Balaban J connectivity index is 2.06. The number of benzene rings is 2. The van der Waals surface area contributed by atoms with E-state index in [0.717, 1.165) is 17.4 Å². The summed E-state index contributed by atoms with van der Waals surface area (Å²) in [6, 6.07) is 9.63. The average Bonchev–Trinajstić information content (AvgIpc) is 3.02. The third kappa shape index (κ3) is 3.52. The normalized spacial score (nSPS) is 16.1. The van der Waals surface area contributed by atoms with Crippen LogP contribution in [0.1, 0.15) is 72.1 Å². The number of fused-ring (bicyclic) bond motifs is 3. The zero-order valence-corrected chi connectivity index (χ0v) is 17.7. The number of ketones is 1. The lowest BCUT2D eigenvalue weighted by molar-refractivity contribution is -0.137. The first-order valence-electron chi connectivity index (χ1n) is 10.2. The molecule has 0 amide bonds. The number of carboxylic acids is 1. The lowest BCUT2D eigenvalue weighted by Crippen LogP contribution is -2.20. The smallest absolute Gasteiger partial charge is 0.304 e. The monoisotopic (exact) mass is 427 g/mol. The van der Waals surface area contributed by atoms with Gasteiger partial charge in [-0.25, -0.2) is 4.39 Å². The van der Waals surface area contributed by atoms with Crippen molar-refractivity contribution in [2.75, 3.05) is 0 Å². The second kappa shape index (κ2) is 7.88. The van der Waals surface area contributed by atoms with Crippen LogP contribution < -0.4 is 0 Å². The van der Waals surface area contributed by atoms with Crippen LogP contribution >= 0.6 is 11.6 Å². The minimum atomic E-state index is -0.904. The minimum absolute atomic E-state index is 0.00217. The summed E-state index contributed by atoms with van der Waals surface area (Å²) in [6.07, 6.45) is 1.41. The molecule has 30 heavy (non-hydrogen) atoms. The Morgan fingerprint density at radius 1 is 1.23 bits per heavy atom. The molecule has 0 saturated heterocycles. The van der Waals surface area contributed by atoms with Crippen molar-refractivity contribution in [1.82, 2.24) is 4.57 Å². The molecule has 6 heteroatoms. The van der Waals surface area contributed by atoms with Gasteiger partial charge in [0.2, 0.25) is 0 Å². The molecule has 4 rings (SSSR count). The van der Waals surface area contributed by atoms with Crippen LogP contribution in [0.4, 0.5) is 4.39 Å². The maximum Gasteiger partial charge on any atom is 0.304 e. The Kier molecular flexibility index (Phi) is 5.41. The molecule has 0 fully saturated rings. The highest BCUT2D eigenvalue weighted by Crippen LogP contribution is 2.42. The molecule has 3 aromatic rings. The van der Waals surface area contributed by atoms with E-state index in [1.54, 1.807) is 24.3 Å². The first-order chi connectivity index (χ1) is 14.3. The van der Waals surface area contributed by atoms with E-state index in [1.807, 2.05) is 18.4 Å². The van der Waals surface area contributed by atoms with Crippen molar-refractivity contribution in [3.8, 4) is 0 Å². The van der Waals surface area contributed by atoms with Gasteiger partial charge in [0.05, 0.1) is 17.5 Å². The molecule has 156 valence electrons. The third-order valence-electron chi connectivity index (χ3n) is 5.90. The van der Waals surface area contributed by atoms with Crippen LogP contribution in [0.25, 0.3) is 10.9 Å². The SMILES string of the molecule is CC(C)c1cc(F)cc2c1c(C(=O)c1ccc(Cl)cc1)c1n2CCCC1CC(=O)O. The number of carbonyl (C=O) groups excluding carboxylic acids is 1. The van der Waals surface area contributed by atoms with E-state index in [4.69, 9.17) is 11.6 Å². The molecule has 1 atom stereocenters. The highest BCUT2D eigenvalue weighted by molar-refractivity contribution is 6.30. The molecule has 1 N–H and O–H groups in total. The molecular formula is C24H23ClFNO3.